The van der Waals surface area contributed by atoms with E-state index in [2.05, 4.69) is 52.0 Å². The highest BCUT2D eigenvalue weighted by molar-refractivity contribution is 5.41. The van der Waals surface area contributed by atoms with Crippen molar-refractivity contribution in [3.8, 4) is 0 Å². The first-order valence-corrected chi connectivity index (χ1v) is 7.21. The molecule has 5 heteroatoms. The zero-order valence-corrected chi connectivity index (χ0v) is 11.7. The van der Waals surface area contributed by atoms with Crippen molar-refractivity contribution in [3.63, 3.8) is 0 Å². The van der Waals surface area contributed by atoms with E-state index >= 15 is 0 Å². The molecule has 1 heterocycles. The fourth-order valence-corrected chi connectivity index (χ4v) is 2.52. The molecule has 3 rings (SSSR count). The van der Waals surface area contributed by atoms with Crippen LogP contribution in [0.1, 0.15) is 36.3 Å². The van der Waals surface area contributed by atoms with Crippen molar-refractivity contribution in [3.05, 3.63) is 41.3 Å². The van der Waals surface area contributed by atoms with Crippen LogP contribution in [0.25, 0.3) is 0 Å². The number of anilines is 1. The van der Waals surface area contributed by atoms with Crippen LogP contribution in [-0.4, -0.2) is 23.3 Å². The van der Waals surface area contributed by atoms with E-state index in [0.29, 0.717) is 24.4 Å². The largest absolute Gasteiger partial charge is 0.407 e. The Morgan fingerprint density at radius 3 is 3.05 bits per heavy atom. The summed E-state index contributed by atoms with van der Waals surface area (Å²) in [4.78, 5) is 0. The first-order valence-electron chi connectivity index (χ1n) is 7.21. The summed E-state index contributed by atoms with van der Waals surface area (Å²) in [5.74, 6) is 1.19. The van der Waals surface area contributed by atoms with E-state index in [9.17, 15) is 0 Å². The quantitative estimate of drug-likeness (QED) is 0.757. The number of nitrogens with zero attached hydrogens (tertiary/aromatic N) is 2. The average Bonchev–Trinajstić information content (AvgIpc) is 2.88. The van der Waals surface area contributed by atoms with E-state index in [4.69, 9.17) is 4.42 Å². The summed E-state index contributed by atoms with van der Waals surface area (Å²) in [6.07, 6.45) is 2.22. The van der Waals surface area contributed by atoms with Crippen LogP contribution >= 0.6 is 0 Å². The average molecular weight is 272 g/mol. The molecule has 0 saturated carbocycles. The molecule has 0 spiro atoms. The Morgan fingerprint density at radius 2 is 2.20 bits per heavy atom. The van der Waals surface area contributed by atoms with E-state index < -0.39 is 0 Å². The normalized spacial score (nSPS) is 16.6. The molecule has 106 valence electrons. The first-order chi connectivity index (χ1) is 9.86. The van der Waals surface area contributed by atoms with Crippen molar-refractivity contribution in [1.82, 2.24) is 15.5 Å². The van der Waals surface area contributed by atoms with E-state index in [-0.39, 0.29) is 0 Å². The first kappa shape index (κ1) is 13.1. The van der Waals surface area contributed by atoms with Gasteiger partial charge < -0.3 is 15.1 Å². The van der Waals surface area contributed by atoms with Crippen LogP contribution in [0.3, 0.4) is 0 Å². The predicted molar refractivity (Wildman–Crippen MR) is 77.7 cm³/mol. The Balaban J connectivity index is 1.48. The molecule has 2 aromatic rings. The number of rotatable bonds is 7. The molecule has 0 amide bonds. The molecule has 1 aromatic carbocycles. The predicted octanol–water partition coefficient (Wildman–Crippen LogP) is 2.32. The van der Waals surface area contributed by atoms with Crippen molar-refractivity contribution >= 4 is 6.01 Å². The fraction of sp³-hybridized carbons (Fsp3) is 0.467. The monoisotopic (exact) mass is 272 g/mol. The molecule has 1 aromatic heterocycles. The van der Waals surface area contributed by atoms with Gasteiger partial charge in [0.05, 0.1) is 6.54 Å². The van der Waals surface area contributed by atoms with E-state index in [0.717, 1.165) is 25.9 Å². The minimum atomic E-state index is 0.516. The maximum atomic E-state index is 5.54. The molecule has 2 N–H and O–H groups in total. The second-order valence-electron chi connectivity index (χ2n) is 5.16. The Kier molecular flexibility index (Phi) is 3.97. The number of hydrogen-bond acceptors (Lipinski definition) is 5. The minimum absolute atomic E-state index is 0.516. The van der Waals surface area contributed by atoms with Crippen LogP contribution in [0, 0.1) is 0 Å². The molecule has 1 aliphatic carbocycles. The van der Waals surface area contributed by atoms with Gasteiger partial charge in [-0.2, -0.15) is 0 Å². The molecule has 1 unspecified atom stereocenters. The Morgan fingerprint density at radius 1 is 1.30 bits per heavy atom. The summed E-state index contributed by atoms with van der Waals surface area (Å²) in [6, 6.07) is 9.09. The molecular formula is C15H20N4O. The number of fused-ring (bicyclic) bond motifs is 1. The Bertz CT molecular complexity index is 567. The summed E-state index contributed by atoms with van der Waals surface area (Å²) >= 11 is 0. The standard InChI is InChI=1S/C15H20N4O/c1-2-7-16-10-14-18-19-15(20-14)17-9-12-8-11-5-3-4-6-13(11)12/h3-6,12,16H,2,7-10H2,1H3,(H,17,19). The van der Waals surface area contributed by atoms with Gasteiger partial charge in [-0.05, 0) is 30.5 Å². The van der Waals surface area contributed by atoms with Gasteiger partial charge >= 0.3 is 6.01 Å². The smallest absolute Gasteiger partial charge is 0.315 e. The summed E-state index contributed by atoms with van der Waals surface area (Å²) in [5, 5.41) is 14.5. The van der Waals surface area contributed by atoms with Gasteiger partial charge in [0.15, 0.2) is 0 Å². The molecule has 5 nitrogen and oxygen atoms in total. The van der Waals surface area contributed by atoms with Gasteiger partial charge in [0, 0.05) is 12.5 Å². The summed E-state index contributed by atoms with van der Waals surface area (Å²) in [6.45, 7) is 4.57. The topological polar surface area (TPSA) is 63.0 Å². The van der Waals surface area contributed by atoms with Gasteiger partial charge in [0.2, 0.25) is 5.89 Å². The van der Waals surface area contributed by atoms with Crippen molar-refractivity contribution < 1.29 is 4.42 Å². The molecule has 0 fully saturated rings. The van der Waals surface area contributed by atoms with Gasteiger partial charge in [0.25, 0.3) is 0 Å². The molecule has 0 aliphatic heterocycles. The van der Waals surface area contributed by atoms with Crippen LogP contribution in [0.2, 0.25) is 0 Å². The third-order valence-corrected chi connectivity index (χ3v) is 3.63. The highest BCUT2D eigenvalue weighted by Crippen LogP contribution is 2.34. The summed E-state index contributed by atoms with van der Waals surface area (Å²) in [7, 11) is 0. The molecule has 0 bridgehead atoms. The number of nitrogens with one attached hydrogen (secondary N) is 2. The zero-order valence-electron chi connectivity index (χ0n) is 11.7. The van der Waals surface area contributed by atoms with Crippen molar-refractivity contribution in [2.45, 2.75) is 32.2 Å². The molecule has 20 heavy (non-hydrogen) atoms. The number of benzene rings is 1. The van der Waals surface area contributed by atoms with E-state index in [1.165, 1.54) is 11.1 Å². The fourth-order valence-electron chi connectivity index (χ4n) is 2.52. The Labute approximate surface area is 118 Å². The third-order valence-electron chi connectivity index (χ3n) is 3.63. The van der Waals surface area contributed by atoms with Gasteiger partial charge in [-0.1, -0.05) is 36.3 Å². The van der Waals surface area contributed by atoms with E-state index in [1.807, 2.05) is 0 Å². The van der Waals surface area contributed by atoms with Crippen LogP contribution < -0.4 is 10.6 Å². The zero-order chi connectivity index (χ0) is 13.8. The van der Waals surface area contributed by atoms with Gasteiger partial charge in [-0.3, -0.25) is 0 Å². The van der Waals surface area contributed by atoms with Gasteiger partial charge in [0.1, 0.15) is 0 Å². The lowest BCUT2D eigenvalue weighted by Gasteiger charge is -2.29. The van der Waals surface area contributed by atoms with Gasteiger partial charge in [-0.15, -0.1) is 5.10 Å². The van der Waals surface area contributed by atoms with Crippen LogP contribution in [0.15, 0.2) is 28.7 Å². The van der Waals surface area contributed by atoms with E-state index in [1.54, 1.807) is 0 Å². The molecule has 0 radical (unpaired) electrons. The highest BCUT2D eigenvalue weighted by atomic mass is 16.4. The number of aromatic nitrogens is 2. The second kappa shape index (κ2) is 6.05. The molecular weight excluding hydrogens is 252 g/mol. The molecule has 1 aliphatic rings. The molecule has 1 atom stereocenters. The lowest BCUT2D eigenvalue weighted by atomic mass is 9.78. The van der Waals surface area contributed by atoms with Crippen LogP contribution in [0.5, 0.6) is 0 Å². The second-order valence-corrected chi connectivity index (χ2v) is 5.16. The summed E-state index contributed by atoms with van der Waals surface area (Å²) in [5.41, 5.74) is 2.89. The lowest BCUT2D eigenvalue weighted by Crippen LogP contribution is -2.24. The Hall–Kier alpha value is -1.88. The minimum Gasteiger partial charge on any atom is -0.407 e. The van der Waals surface area contributed by atoms with Crippen LogP contribution in [-0.2, 0) is 13.0 Å². The highest BCUT2D eigenvalue weighted by Gasteiger charge is 2.25. The van der Waals surface area contributed by atoms with Gasteiger partial charge in [-0.25, -0.2) is 0 Å². The third kappa shape index (κ3) is 2.82. The van der Waals surface area contributed by atoms with Crippen molar-refractivity contribution in [1.29, 1.82) is 0 Å². The van der Waals surface area contributed by atoms with Crippen molar-refractivity contribution in [2.24, 2.45) is 0 Å². The SMILES string of the molecule is CCCNCc1nnc(NCC2Cc3ccccc32)o1. The maximum absolute atomic E-state index is 5.54. The number of hydrogen-bond donors (Lipinski definition) is 2. The van der Waals surface area contributed by atoms with Crippen LogP contribution in [0.4, 0.5) is 6.01 Å². The maximum Gasteiger partial charge on any atom is 0.315 e. The summed E-state index contributed by atoms with van der Waals surface area (Å²) < 4.78 is 5.54. The van der Waals surface area contributed by atoms with Crippen molar-refractivity contribution in [2.75, 3.05) is 18.4 Å². The molecule has 0 saturated heterocycles. The lowest BCUT2D eigenvalue weighted by molar-refractivity contribution is 0.474.